The van der Waals surface area contributed by atoms with Crippen molar-refractivity contribution in [2.24, 2.45) is 0 Å². The first-order chi connectivity index (χ1) is 6.13. The molecule has 3 heteroatoms. The Labute approximate surface area is 77.4 Å². The zero-order chi connectivity index (χ0) is 9.47. The topological polar surface area (TPSA) is 46.5 Å². The highest BCUT2D eigenvalue weighted by Crippen LogP contribution is 2.40. The lowest BCUT2D eigenvalue weighted by Gasteiger charge is -2.22. The summed E-state index contributed by atoms with van der Waals surface area (Å²) < 4.78 is 4.99. The zero-order valence-corrected chi connectivity index (χ0v) is 7.80. The molecule has 0 amide bonds. The van der Waals surface area contributed by atoms with E-state index in [-0.39, 0.29) is 5.97 Å². The van der Waals surface area contributed by atoms with Gasteiger partial charge < -0.3 is 9.84 Å². The number of carbonyl (C=O) groups excluding carboxylic acids is 1. The number of fused-ring (bicyclic) bond motifs is 1. The number of esters is 1. The quantitative estimate of drug-likeness (QED) is 0.578. The molecule has 13 heavy (non-hydrogen) atoms. The van der Waals surface area contributed by atoms with Crippen LogP contribution in [0.5, 0.6) is 0 Å². The van der Waals surface area contributed by atoms with Crippen molar-refractivity contribution in [2.45, 2.75) is 44.8 Å². The lowest BCUT2D eigenvalue weighted by atomic mass is 9.99. The van der Waals surface area contributed by atoms with E-state index in [4.69, 9.17) is 4.74 Å². The van der Waals surface area contributed by atoms with Crippen molar-refractivity contribution < 1.29 is 14.6 Å². The Morgan fingerprint density at radius 3 is 2.92 bits per heavy atom. The first-order valence-electron chi connectivity index (χ1n) is 4.79. The van der Waals surface area contributed by atoms with Crippen LogP contribution in [0.4, 0.5) is 0 Å². The summed E-state index contributed by atoms with van der Waals surface area (Å²) in [5, 5.41) is 10.0. The Morgan fingerprint density at radius 1 is 1.38 bits per heavy atom. The van der Waals surface area contributed by atoms with Crippen LogP contribution in [0.2, 0.25) is 0 Å². The van der Waals surface area contributed by atoms with Crippen LogP contribution >= 0.6 is 0 Å². The molecule has 1 fully saturated rings. The van der Waals surface area contributed by atoms with Gasteiger partial charge in [-0.1, -0.05) is 6.42 Å². The summed E-state index contributed by atoms with van der Waals surface area (Å²) in [6.07, 6.45) is 4.45. The smallest absolute Gasteiger partial charge is 0.336 e. The van der Waals surface area contributed by atoms with Crippen LogP contribution in [0, 0.1) is 0 Å². The highest BCUT2D eigenvalue weighted by molar-refractivity contribution is 5.92. The molecule has 72 valence electrons. The zero-order valence-electron chi connectivity index (χ0n) is 7.80. The van der Waals surface area contributed by atoms with Gasteiger partial charge in [-0.05, 0) is 26.2 Å². The fourth-order valence-electron chi connectivity index (χ4n) is 2.14. The average molecular weight is 182 g/mol. The largest absolute Gasteiger partial charge is 0.426 e. The van der Waals surface area contributed by atoms with Crippen LogP contribution in [0.3, 0.4) is 0 Å². The predicted molar refractivity (Wildman–Crippen MR) is 46.8 cm³/mol. The van der Waals surface area contributed by atoms with Gasteiger partial charge in [0.25, 0.3) is 0 Å². The number of hydrogen-bond acceptors (Lipinski definition) is 3. The van der Waals surface area contributed by atoms with Gasteiger partial charge in [-0.2, -0.15) is 0 Å². The predicted octanol–water partition coefficient (Wildman–Crippen LogP) is 1.51. The number of rotatable bonds is 0. The van der Waals surface area contributed by atoms with Crippen LogP contribution in [-0.2, 0) is 9.53 Å². The fraction of sp³-hybridized carbons (Fsp3) is 0.700. The Balaban J connectivity index is 2.37. The minimum atomic E-state index is -1.25. The fourth-order valence-corrected chi connectivity index (χ4v) is 2.14. The van der Waals surface area contributed by atoms with E-state index in [9.17, 15) is 9.90 Å². The maximum atomic E-state index is 11.2. The number of hydrogen-bond donors (Lipinski definition) is 1. The summed E-state index contributed by atoms with van der Waals surface area (Å²) in [6, 6.07) is 0. The van der Waals surface area contributed by atoms with Crippen molar-refractivity contribution >= 4 is 5.97 Å². The molecule has 0 spiro atoms. The van der Waals surface area contributed by atoms with Gasteiger partial charge in [0, 0.05) is 17.6 Å². The van der Waals surface area contributed by atoms with Gasteiger partial charge in [0.2, 0.25) is 5.79 Å². The molecular weight excluding hydrogens is 168 g/mol. The molecule has 1 N–H and O–H groups in total. The molecule has 0 bridgehead atoms. The van der Waals surface area contributed by atoms with Crippen molar-refractivity contribution in [3.8, 4) is 0 Å². The van der Waals surface area contributed by atoms with E-state index < -0.39 is 5.79 Å². The second kappa shape index (κ2) is 2.84. The summed E-state index contributed by atoms with van der Waals surface area (Å²) in [5.41, 5.74) is 1.43. The molecule has 1 saturated carbocycles. The highest BCUT2D eigenvalue weighted by atomic mass is 16.7. The summed E-state index contributed by atoms with van der Waals surface area (Å²) >= 11 is 0. The summed E-state index contributed by atoms with van der Waals surface area (Å²) in [4.78, 5) is 11.2. The van der Waals surface area contributed by atoms with Crippen molar-refractivity contribution in [3.05, 3.63) is 11.1 Å². The van der Waals surface area contributed by atoms with E-state index >= 15 is 0 Å². The Kier molecular flexibility index (Phi) is 1.91. The molecular formula is C10H14O3. The number of ether oxygens (including phenoxy) is 1. The lowest BCUT2D eigenvalue weighted by Crippen LogP contribution is -2.30. The molecule has 0 aromatic carbocycles. The Morgan fingerprint density at radius 2 is 2.15 bits per heavy atom. The molecule has 0 saturated heterocycles. The standard InChI is InChI=1S/C10H14O3/c1-7-8-5-3-2-4-6-10(8,12)13-9(7)11/h12H,2-6H2,1H3/t10-/m1/s1. The van der Waals surface area contributed by atoms with Crippen molar-refractivity contribution in [2.75, 3.05) is 0 Å². The average Bonchev–Trinajstić information content (AvgIpc) is 2.26. The van der Waals surface area contributed by atoms with E-state index in [1.54, 1.807) is 6.92 Å². The van der Waals surface area contributed by atoms with Crippen molar-refractivity contribution in [1.29, 1.82) is 0 Å². The van der Waals surface area contributed by atoms with E-state index in [2.05, 4.69) is 0 Å². The van der Waals surface area contributed by atoms with Gasteiger partial charge in [0.1, 0.15) is 0 Å². The molecule has 0 unspecified atom stereocenters. The molecule has 2 rings (SSSR count). The van der Waals surface area contributed by atoms with Gasteiger partial charge >= 0.3 is 5.97 Å². The Bertz CT molecular complexity index is 280. The molecule has 1 aliphatic carbocycles. The first kappa shape index (κ1) is 8.75. The highest BCUT2D eigenvalue weighted by Gasteiger charge is 2.44. The van der Waals surface area contributed by atoms with Crippen LogP contribution in [-0.4, -0.2) is 16.9 Å². The van der Waals surface area contributed by atoms with E-state index in [1.807, 2.05) is 0 Å². The lowest BCUT2D eigenvalue weighted by molar-refractivity contribution is -0.183. The molecule has 0 aromatic heterocycles. The molecule has 1 atom stereocenters. The third-order valence-corrected chi connectivity index (χ3v) is 2.93. The van der Waals surface area contributed by atoms with Crippen molar-refractivity contribution in [1.82, 2.24) is 0 Å². The Hall–Kier alpha value is -0.830. The third-order valence-electron chi connectivity index (χ3n) is 2.93. The molecule has 0 aromatic rings. The van der Waals surface area contributed by atoms with Gasteiger partial charge in [-0.25, -0.2) is 4.79 Å². The summed E-state index contributed by atoms with van der Waals surface area (Å²) in [5.74, 6) is -1.60. The third kappa shape index (κ3) is 1.27. The van der Waals surface area contributed by atoms with Gasteiger partial charge in [-0.3, -0.25) is 0 Å². The van der Waals surface area contributed by atoms with E-state index in [1.165, 1.54) is 0 Å². The maximum absolute atomic E-state index is 11.2. The van der Waals surface area contributed by atoms with Gasteiger partial charge in [-0.15, -0.1) is 0 Å². The number of aliphatic hydroxyl groups is 1. The molecule has 1 aliphatic heterocycles. The first-order valence-corrected chi connectivity index (χ1v) is 4.79. The molecule has 2 aliphatic rings. The van der Waals surface area contributed by atoms with Gasteiger partial charge in [0.15, 0.2) is 0 Å². The van der Waals surface area contributed by atoms with Crippen LogP contribution < -0.4 is 0 Å². The SMILES string of the molecule is CC1=C2CCCCC[C@@]2(O)OC1=O. The minimum Gasteiger partial charge on any atom is -0.426 e. The summed E-state index contributed by atoms with van der Waals surface area (Å²) in [7, 11) is 0. The van der Waals surface area contributed by atoms with E-state index in [0.29, 0.717) is 12.0 Å². The van der Waals surface area contributed by atoms with Gasteiger partial charge in [0.05, 0.1) is 0 Å². The van der Waals surface area contributed by atoms with Crippen LogP contribution in [0.1, 0.15) is 39.0 Å². The second-order valence-electron chi connectivity index (χ2n) is 3.84. The van der Waals surface area contributed by atoms with E-state index in [0.717, 1.165) is 31.3 Å². The van der Waals surface area contributed by atoms with Crippen molar-refractivity contribution in [3.63, 3.8) is 0 Å². The maximum Gasteiger partial charge on any atom is 0.336 e. The molecule has 3 nitrogen and oxygen atoms in total. The minimum absolute atomic E-state index is 0.348. The van der Waals surface area contributed by atoms with Crippen LogP contribution in [0.25, 0.3) is 0 Å². The number of carbonyl (C=O) groups is 1. The molecule has 0 radical (unpaired) electrons. The van der Waals surface area contributed by atoms with Crippen LogP contribution in [0.15, 0.2) is 11.1 Å². The summed E-state index contributed by atoms with van der Waals surface area (Å²) in [6.45, 7) is 1.74. The normalized spacial score (nSPS) is 34.2. The molecule has 1 heterocycles. The monoisotopic (exact) mass is 182 g/mol. The second-order valence-corrected chi connectivity index (χ2v) is 3.84.